The largest absolute Gasteiger partial charge is 0.444 e. The highest BCUT2D eigenvalue weighted by atomic mass is 35.5. The second-order valence-electron chi connectivity index (χ2n) is 8.59. The molecule has 0 fully saturated rings. The Labute approximate surface area is 185 Å². The van der Waals surface area contributed by atoms with Crippen LogP contribution in [0.15, 0.2) is 47.3 Å². The maximum atomic E-state index is 14.0. The van der Waals surface area contributed by atoms with Gasteiger partial charge >= 0.3 is 6.09 Å². The van der Waals surface area contributed by atoms with E-state index in [1.807, 2.05) is 13.8 Å². The van der Waals surface area contributed by atoms with Crippen LogP contribution < -0.4 is 10.9 Å². The molecule has 2 aromatic carbocycles. The molecule has 1 atom stereocenters. The number of fused-ring (bicyclic) bond motifs is 1. The Morgan fingerprint density at radius 1 is 1.19 bits per heavy atom. The molecule has 8 heteroatoms. The van der Waals surface area contributed by atoms with Gasteiger partial charge in [-0.3, -0.25) is 9.36 Å². The maximum absolute atomic E-state index is 14.0. The highest BCUT2D eigenvalue weighted by molar-refractivity contribution is 6.35. The van der Waals surface area contributed by atoms with Crippen molar-refractivity contribution in [3.8, 4) is 5.69 Å². The molecule has 3 rings (SSSR count). The minimum atomic E-state index is -0.696. The van der Waals surface area contributed by atoms with Gasteiger partial charge < -0.3 is 10.1 Å². The standard InChI is InChI=1S/C23H25ClFN3O3/c1-13(2)19(27-22(30)31-23(3,4)5)20-26-17-11-7-10-16(24)18(17)21(29)28(20)15-9-6-8-14(25)12-15/h6-13,19H,1-5H3,(H,27,30)/t19-/m1/s1. The molecule has 1 heterocycles. The van der Waals surface area contributed by atoms with Gasteiger partial charge in [-0.15, -0.1) is 0 Å². The van der Waals surface area contributed by atoms with E-state index in [0.717, 1.165) is 0 Å². The number of hydrogen-bond donors (Lipinski definition) is 1. The van der Waals surface area contributed by atoms with Crippen LogP contribution in [-0.2, 0) is 4.74 Å². The minimum Gasteiger partial charge on any atom is -0.444 e. The lowest BCUT2D eigenvalue weighted by atomic mass is 10.0. The summed E-state index contributed by atoms with van der Waals surface area (Å²) in [5.74, 6) is -0.405. The SMILES string of the molecule is CC(C)[C@@H](NC(=O)OC(C)(C)C)c1nc2cccc(Cl)c2c(=O)n1-c1cccc(F)c1. The molecule has 164 valence electrons. The van der Waals surface area contributed by atoms with E-state index in [4.69, 9.17) is 16.3 Å². The van der Waals surface area contributed by atoms with Crippen LogP contribution in [0.4, 0.5) is 9.18 Å². The minimum absolute atomic E-state index is 0.157. The van der Waals surface area contributed by atoms with E-state index in [2.05, 4.69) is 10.3 Å². The van der Waals surface area contributed by atoms with Crippen molar-refractivity contribution in [1.29, 1.82) is 0 Å². The predicted molar refractivity (Wildman–Crippen MR) is 119 cm³/mol. The smallest absolute Gasteiger partial charge is 0.408 e. The van der Waals surface area contributed by atoms with Crippen LogP contribution >= 0.6 is 11.6 Å². The normalized spacial score (nSPS) is 12.8. The highest BCUT2D eigenvalue weighted by Gasteiger charge is 2.28. The summed E-state index contributed by atoms with van der Waals surface area (Å²) < 4.78 is 20.7. The number of nitrogens with one attached hydrogen (secondary N) is 1. The summed E-state index contributed by atoms with van der Waals surface area (Å²) in [7, 11) is 0. The fourth-order valence-corrected chi connectivity index (χ4v) is 3.49. The molecule has 0 unspecified atom stereocenters. The van der Waals surface area contributed by atoms with Gasteiger partial charge in [0.2, 0.25) is 0 Å². The summed E-state index contributed by atoms with van der Waals surface area (Å²) in [6.45, 7) is 9.04. The summed E-state index contributed by atoms with van der Waals surface area (Å²) in [6, 6.07) is 9.91. The van der Waals surface area contributed by atoms with Crippen molar-refractivity contribution in [2.45, 2.75) is 46.3 Å². The van der Waals surface area contributed by atoms with E-state index >= 15 is 0 Å². The van der Waals surface area contributed by atoms with Gasteiger partial charge in [-0.05, 0) is 57.0 Å². The summed E-state index contributed by atoms with van der Waals surface area (Å²) in [4.78, 5) is 30.7. The molecule has 1 amide bonds. The number of carbonyl (C=O) groups excluding carboxylic acids is 1. The second kappa shape index (κ2) is 8.67. The van der Waals surface area contributed by atoms with Crippen LogP contribution in [0, 0.1) is 11.7 Å². The molecule has 1 N–H and O–H groups in total. The van der Waals surface area contributed by atoms with Crippen molar-refractivity contribution in [3.05, 3.63) is 69.5 Å². The van der Waals surface area contributed by atoms with Crippen molar-refractivity contribution >= 4 is 28.6 Å². The van der Waals surface area contributed by atoms with Crippen molar-refractivity contribution in [3.63, 3.8) is 0 Å². The predicted octanol–water partition coefficient (Wildman–Crippen LogP) is 5.40. The van der Waals surface area contributed by atoms with Gasteiger partial charge in [-0.2, -0.15) is 0 Å². The van der Waals surface area contributed by atoms with E-state index in [9.17, 15) is 14.0 Å². The molecule has 0 aliphatic rings. The van der Waals surface area contributed by atoms with Crippen molar-refractivity contribution in [2.75, 3.05) is 0 Å². The van der Waals surface area contributed by atoms with Gasteiger partial charge in [-0.1, -0.05) is 37.6 Å². The fraction of sp³-hybridized carbons (Fsp3) is 0.348. The Morgan fingerprint density at radius 3 is 2.48 bits per heavy atom. The average molecular weight is 446 g/mol. The Bertz CT molecular complexity index is 1180. The highest BCUT2D eigenvalue weighted by Crippen LogP contribution is 2.27. The number of alkyl carbamates (subject to hydrolysis) is 1. The molecule has 0 saturated carbocycles. The lowest BCUT2D eigenvalue weighted by Crippen LogP contribution is -2.40. The van der Waals surface area contributed by atoms with Crippen LogP contribution in [0.5, 0.6) is 0 Å². The van der Waals surface area contributed by atoms with Crippen molar-refractivity contribution in [1.82, 2.24) is 14.9 Å². The fourth-order valence-electron chi connectivity index (χ4n) is 3.24. The maximum Gasteiger partial charge on any atom is 0.408 e. The lowest BCUT2D eigenvalue weighted by molar-refractivity contribution is 0.0485. The first kappa shape index (κ1) is 22.7. The molecule has 0 saturated heterocycles. The van der Waals surface area contributed by atoms with E-state index in [1.54, 1.807) is 45.0 Å². The first-order chi connectivity index (χ1) is 14.5. The third kappa shape index (κ3) is 5.05. The number of nitrogens with zero attached hydrogens (tertiary/aromatic N) is 2. The molecule has 1 aromatic heterocycles. The van der Waals surface area contributed by atoms with Crippen LogP contribution in [0.1, 0.15) is 46.5 Å². The Hall–Kier alpha value is -2.93. The molecule has 0 bridgehead atoms. The van der Waals surface area contributed by atoms with Crippen LogP contribution in [0.2, 0.25) is 5.02 Å². The van der Waals surface area contributed by atoms with Crippen LogP contribution in [-0.4, -0.2) is 21.2 Å². The zero-order valence-corrected chi connectivity index (χ0v) is 18.8. The van der Waals surface area contributed by atoms with Crippen molar-refractivity contribution < 1.29 is 13.9 Å². The van der Waals surface area contributed by atoms with Gasteiger partial charge in [0.1, 0.15) is 17.2 Å². The molecular formula is C23H25ClFN3O3. The number of rotatable bonds is 4. The number of ether oxygens (including phenoxy) is 1. The zero-order valence-electron chi connectivity index (χ0n) is 18.1. The number of hydrogen-bond acceptors (Lipinski definition) is 4. The van der Waals surface area contributed by atoms with E-state index < -0.39 is 29.1 Å². The number of halogens is 2. The zero-order chi connectivity index (χ0) is 22.9. The molecule has 31 heavy (non-hydrogen) atoms. The third-order valence-electron chi connectivity index (χ3n) is 4.56. The molecule has 6 nitrogen and oxygen atoms in total. The van der Waals surface area contributed by atoms with Gasteiger partial charge in [0, 0.05) is 0 Å². The lowest BCUT2D eigenvalue weighted by Gasteiger charge is -2.27. The van der Waals surface area contributed by atoms with Crippen LogP contribution in [0.3, 0.4) is 0 Å². The quantitative estimate of drug-likeness (QED) is 0.583. The molecule has 3 aromatic rings. The molecular weight excluding hydrogens is 421 g/mol. The summed E-state index contributed by atoms with van der Waals surface area (Å²) >= 11 is 6.29. The number of aromatic nitrogens is 2. The van der Waals surface area contributed by atoms with Gasteiger partial charge in [-0.25, -0.2) is 14.2 Å². The first-order valence-electron chi connectivity index (χ1n) is 9.94. The van der Waals surface area contributed by atoms with E-state index in [0.29, 0.717) is 5.52 Å². The molecule has 0 spiro atoms. The van der Waals surface area contributed by atoms with Gasteiger partial charge in [0.15, 0.2) is 0 Å². The summed E-state index contributed by atoms with van der Waals surface area (Å²) in [5, 5.41) is 3.27. The topological polar surface area (TPSA) is 73.2 Å². The second-order valence-corrected chi connectivity index (χ2v) is 9.00. The Morgan fingerprint density at radius 2 is 1.87 bits per heavy atom. The van der Waals surface area contributed by atoms with Gasteiger partial charge in [0.25, 0.3) is 5.56 Å². The van der Waals surface area contributed by atoms with Crippen LogP contribution in [0.25, 0.3) is 16.6 Å². The van der Waals surface area contributed by atoms with E-state index in [-0.39, 0.29) is 27.8 Å². The number of benzene rings is 2. The Balaban J connectivity index is 2.27. The number of carbonyl (C=O) groups is 1. The Kier molecular flexibility index (Phi) is 6.36. The first-order valence-corrected chi connectivity index (χ1v) is 10.3. The van der Waals surface area contributed by atoms with Gasteiger partial charge in [0.05, 0.1) is 27.7 Å². The molecule has 0 aliphatic carbocycles. The number of amides is 1. The summed E-state index contributed by atoms with van der Waals surface area (Å²) in [6.07, 6.45) is -0.641. The molecule has 0 radical (unpaired) electrons. The average Bonchev–Trinajstić information content (AvgIpc) is 2.64. The van der Waals surface area contributed by atoms with E-state index in [1.165, 1.54) is 22.8 Å². The monoisotopic (exact) mass is 445 g/mol. The molecule has 0 aliphatic heterocycles. The summed E-state index contributed by atoms with van der Waals surface area (Å²) in [5.41, 5.74) is -0.478. The third-order valence-corrected chi connectivity index (χ3v) is 4.87. The van der Waals surface area contributed by atoms with Crippen molar-refractivity contribution in [2.24, 2.45) is 5.92 Å².